The number of nitrogens with zero attached hydrogens (tertiary/aromatic N) is 1. The summed E-state index contributed by atoms with van der Waals surface area (Å²) in [5, 5.41) is 0. The van der Waals surface area contributed by atoms with Crippen LogP contribution in [0.3, 0.4) is 0 Å². The topological polar surface area (TPSA) is 29.3 Å². The molecule has 0 amide bonds. The molecule has 0 aliphatic carbocycles. The van der Waals surface area contributed by atoms with Crippen molar-refractivity contribution in [1.29, 1.82) is 0 Å². The molecule has 0 radical (unpaired) electrons. The number of likely N-dealkylation sites (tertiary alicyclic amines) is 1. The summed E-state index contributed by atoms with van der Waals surface area (Å²) in [6, 6.07) is 0.730. The van der Waals surface area contributed by atoms with E-state index in [1.807, 2.05) is 0 Å². The van der Waals surface area contributed by atoms with Crippen molar-refractivity contribution >= 4 is 0 Å². The predicted octanol–water partition coefficient (Wildman–Crippen LogP) is 2.63. The first-order valence-electron chi connectivity index (χ1n) is 6.61. The van der Waals surface area contributed by atoms with Gasteiger partial charge in [0.1, 0.15) is 0 Å². The van der Waals surface area contributed by atoms with Crippen molar-refractivity contribution in [2.45, 2.75) is 58.9 Å². The maximum Gasteiger partial charge on any atom is 0.00676 e. The first-order chi connectivity index (χ1) is 7.17. The van der Waals surface area contributed by atoms with Crippen LogP contribution in [0, 0.1) is 5.41 Å². The van der Waals surface area contributed by atoms with Gasteiger partial charge in [0.15, 0.2) is 0 Å². The normalized spacial score (nSPS) is 23.2. The lowest BCUT2D eigenvalue weighted by atomic mass is 9.82. The largest absolute Gasteiger partial charge is 0.330 e. The number of rotatable bonds is 6. The summed E-state index contributed by atoms with van der Waals surface area (Å²) in [5.41, 5.74) is 6.18. The summed E-state index contributed by atoms with van der Waals surface area (Å²) in [5.74, 6) is 0. The number of hydrogen-bond acceptors (Lipinski definition) is 2. The second-order valence-corrected chi connectivity index (χ2v) is 5.21. The molecule has 1 fully saturated rings. The van der Waals surface area contributed by atoms with Crippen molar-refractivity contribution < 1.29 is 0 Å². The molecule has 2 N–H and O–H groups in total. The van der Waals surface area contributed by atoms with Gasteiger partial charge in [-0.2, -0.15) is 0 Å². The number of hydrogen-bond donors (Lipinski definition) is 1. The van der Waals surface area contributed by atoms with Crippen molar-refractivity contribution in [3.8, 4) is 0 Å². The molecule has 1 unspecified atom stereocenters. The van der Waals surface area contributed by atoms with Crippen molar-refractivity contribution in [2.75, 3.05) is 19.6 Å². The van der Waals surface area contributed by atoms with E-state index in [9.17, 15) is 0 Å². The van der Waals surface area contributed by atoms with Gasteiger partial charge in [0.25, 0.3) is 0 Å². The SMILES string of the molecule is CCC1(CC)CCN(C(C)CCCN)C1. The highest BCUT2D eigenvalue weighted by molar-refractivity contribution is 4.89. The molecule has 0 bridgehead atoms. The van der Waals surface area contributed by atoms with Gasteiger partial charge >= 0.3 is 0 Å². The molecular formula is C13H28N2. The average Bonchev–Trinajstić information content (AvgIpc) is 2.71. The quantitative estimate of drug-likeness (QED) is 0.733. The summed E-state index contributed by atoms with van der Waals surface area (Å²) in [6.07, 6.45) is 6.50. The fourth-order valence-corrected chi connectivity index (χ4v) is 2.77. The monoisotopic (exact) mass is 212 g/mol. The summed E-state index contributed by atoms with van der Waals surface area (Å²) in [7, 11) is 0. The van der Waals surface area contributed by atoms with Gasteiger partial charge in [-0.1, -0.05) is 13.8 Å². The molecule has 1 aliphatic rings. The van der Waals surface area contributed by atoms with Gasteiger partial charge < -0.3 is 10.6 Å². The zero-order valence-corrected chi connectivity index (χ0v) is 10.8. The lowest BCUT2D eigenvalue weighted by Crippen LogP contribution is -2.33. The van der Waals surface area contributed by atoms with Crippen molar-refractivity contribution in [3.63, 3.8) is 0 Å². The third-order valence-corrected chi connectivity index (χ3v) is 4.42. The Kier molecular flexibility index (Phi) is 5.07. The highest BCUT2D eigenvalue weighted by atomic mass is 15.2. The summed E-state index contributed by atoms with van der Waals surface area (Å²) >= 11 is 0. The van der Waals surface area contributed by atoms with Crippen LogP contribution in [0.1, 0.15) is 52.9 Å². The Morgan fingerprint density at radius 2 is 2.00 bits per heavy atom. The van der Waals surface area contributed by atoms with Crippen LogP contribution >= 0.6 is 0 Å². The van der Waals surface area contributed by atoms with E-state index in [1.165, 1.54) is 45.2 Å². The molecule has 1 rings (SSSR count). The molecule has 1 aliphatic heterocycles. The van der Waals surface area contributed by atoms with E-state index in [0.717, 1.165) is 12.6 Å². The van der Waals surface area contributed by atoms with Crippen LogP contribution in [-0.2, 0) is 0 Å². The maximum absolute atomic E-state index is 5.56. The first kappa shape index (κ1) is 13.0. The molecule has 2 heteroatoms. The maximum atomic E-state index is 5.56. The zero-order chi connectivity index (χ0) is 11.3. The van der Waals surface area contributed by atoms with Crippen LogP contribution in [0.15, 0.2) is 0 Å². The minimum atomic E-state index is 0.622. The Hall–Kier alpha value is -0.0800. The van der Waals surface area contributed by atoms with E-state index in [0.29, 0.717) is 5.41 Å². The predicted molar refractivity (Wildman–Crippen MR) is 67.0 cm³/mol. The Balaban J connectivity index is 2.40. The van der Waals surface area contributed by atoms with Crippen LogP contribution in [0.2, 0.25) is 0 Å². The van der Waals surface area contributed by atoms with E-state index in [-0.39, 0.29) is 0 Å². The van der Waals surface area contributed by atoms with Crippen LogP contribution in [0.4, 0.5) is 0 Å². The molecule has 0 spiro atoms. The lowest BCUT2D eigenvalue weighted by Gasteiger charge is -2.29. The smallest absolute Gasteiger partial charge is 0.00676 e. The molecule has 15 heavy (non-hydrogen) atoms. The summed E-state index contributed by atoms with van der Waals surface area (Å²) < 4.78 is 0. The van der Waals surface area contributed by atoms with Crippen LogP contribution in [-0.4, -0.2) is 30.6 Å². The minimum Gasteiger partial charge on any atom is -0.330 e. The Labute approximate surface area is 95.2 Å². The highest BCUT2D eigenvalue weighted by Crippen LogP contribution is 2.38. The Morgan fingerprint density at radius 1 is 1.33 bits per heavy atom. The number of nitrogens with two attached hydrogens (primary N) is 1. The second kappa shape index (κ2) is 5.86. The summed E-state index contributed by atoms with van der Waals surface area (Å²) in [4.78, 5) is 2.67. The van der Waals surface area contributed by atoms with Crippen molar-refractivity contribution in [1.82, 2.24) is 4.90 Å². The molecule has 90 valence electrons. The molecule has 1 heterocycles. The standard InChI is InChI=1S/C13H28N2/c1-4-13(5-2)8-10-15(11-13)12(3)7-6-9-14/h12H,4-11,14H2,1-3H3. The van der Waals surface area contributed by atoms with Gasteiger partial charge in [0.05, 0.1) is 0 Å². The molecule has 0 aromatic rings. The first-order valence-corrected chi connectivity index (χ1v) is 6.61. The van der Waals surface area contributed by atoms with Crippen LogP contribution in [0.25, 0.3) is 0 Å². The van der Waals surface area contributed by atoms with E-state index in [2.05, 4.69) is 25.7 Å². The third kappa shape index (κ3) is 3.18. The average molecular weight is 212 g/mol. The molecule has 1 atom stereocenters. The summed E-state index contributed by atoms with van der Waals surface area (Å²) in [6.45, 7) is 10.5. The fourth-order valence-electron chi connectivity index (χ4n) is 2.77. The van der Waals surface area contributed by atoms with Gasteiger partial charge in [0, 0.05) is 12.6 Å². The van der Waals surface area contributed by atoms with Crippen LogP contribution < -0.4 is 5.73 Å². The lowest BCUT2D eigenvalue weighted by molar-refractivity contribution is 0.195. The highest BCUT2D eigenvalue weighted by Gasteiger charge is 2.36. The van der Waals surface area contributed by atoms with Gasteiger partial charge in [-0.25, -0.2) is 0 Å². The Bertz CT molecular complexity index is 175. The second-order valence-electron chi connectivity index (χ2n) is 5.21. The van der Waals surface area contributed by atoms with E-state index >= 15 is 0 Å². The molecule has 2 nitrogen and oxygen atoms in total. The van der Waals surface area contributed by atoms with E-state index < -0.39 is 0 Å². The van der Waals surface area contributed by atoms with E-state index in [1.54, 1.807) is 0 Å². The minimum absolute atomic E-state index is 0.622. The van der Waals surface area contributed by atoms with Gasteiger partial charge in [-0.05, 0) is 57.5 Å². The zero-order valence-electron chi connectivity index (χ0n) is 10.8. The molecular weight excluding hydrogens is 184 g/mol. The van der Waals surface area contributed by atoms with Gasteiger partial charge in [-0.15, -0.1) is 0 Å². The van der Waals surface area contributed by atoms with Crippen molar-refractivity contribution in [2.24, 2.45) is 11.1 Å². The van der Waals surface area contributed by atoms with Gasteiger partial charge in [-0.3, -0.25) is 0 Å². The van der Waals surface area contributed by atoms with Gasteiger partial charge in [0.2, 0.25) is 0 Å². The van der Waals surface area contributed by atoms with Crippen molar-refractivity contribution in [3.05, 3.63) is 0 Å². The molecule has 0 aromatic heterocycles. The Morgan fingerprint density at radius 3 is 2.47 bits per heavy atom. The van der Waals surface area contributed by atoms with Crippen LogP contribution in [0.5, 0.6) is 0 Å². The van der Waals surface area contributed by atoms with E-state index in [4.69, 9.17) is 5.73 Å². The molecule has 0 saturated carbocycles. The molecule has 1 saturated heterocycles. The third-order valence-electron chi connectivity index (χ3n) is 4.42. The fraction of sp³-hybridized carbons (Fsp3) is 1.00. The molecule has 0 aromatic carbocycles.